The van der Waals surface area contributed by atoms with Crippen LogP contribution < -0.4 is 5.73 Å². The van der Waals surface area contributed by atoms with Gasteiger partial charge in [-0.25, -0.2) is 4.98 Å². The van der Waals surface area contributed by atoms with Gasteiger partial charge in [0, 0.05) is 11.6 Å². The van der Waals surface area contributed by atoms with E-state index in [-0.39, 0.29) is 11.5 Å². The van der Waals surface area contributed by atoms with Crippen molar-refractivity contribution in [1.82, 2.24) is 4.98 Å². The summed E-state index contributed by atoms with van der Waals surface area (Å²) in [6.45, 7) is 3.45. The van der Waals surface area contributed by atoms with Crippen molar-refractivity contribution in [3.8, 4) is 0 Å². The predicted octanol–water partition coefficient (Wildman–Crippen LogP) is 1.21. The summed E-state index contributed by atoms with van der Waals surface area (Å²) >= 11 is 0. The molecule has 62 valence electrons. The quantitative estimate of drug-likeness (QED) is 0.527. The van der Waals surface area contributed by atoms with Crippen LogP contribution in [0.5, 0.6) is 0 Å². The van der Waals surface area contributed by atoms with E-state index in [9.17, 15) is 10.1 Å². The van der Waals surface area contributed by atoms with E-state index in [1.807, 2.05) is 0 Å². The lowest BCUT2D eigenvalue weighted by atomic mass is 10.2. The molecule has 5 nitrogen and oxygen atoms in total. The molecule has 2 N–H and O–H groups in total. The van der Waals surface area contributed by atoms with E-state index in [1.54, 1.807) is 0 Å². The highest BCUT2D eigenvalue weighted by Gasteiger charge is 2.07. The summed E-state index contributed by atoms with van der Waals surface area (Å²) in [4.78, 5) is 13.4. The summed E-state index contributed by atoms with van der Waals surface area (Å²) in [6.07, 6.45) is 2.54. The summed E-state index contributed by atoms with van der Waals surface area (Å²) in [5.74, 6) is 0.246. The normalized spacial score (nSPS) is 9.33. The van der Waals surface area contributed by atoms with Gasteiger partial charge in [0.05, 0.1) is 4.92 Å². The second kappa shape index (κ2) is 3.00. The average molecular weight is 165 g/mol. The molecule has 0 unspecified atom stereocenters. The third-order valence-electron chi connectivity index (χ3n) is 1.37. The highest BCUT2D eigenvalue weighted by molar-refractivity contribution is 5.62. The Labute approximate surface area is 68.7 Å². The van der Waals surface area contributed by atoms with Crippen molar-refractivity contribution in [3.63, 3.8) is 0 Å². The number of nitro groups is 1. The van der Waals surface area contributed by atoms with Crippen LogP contribution in [-0.2, 0) is 0 Å². The van der Waals surface area contributed by atoms with Crippen molar-refractivity contribution in [2.75, 3.05) is 5.73 Å². The van der Waals surface area contributed by atoms with Gasteiger partial charge in [-0.15, -0.1) is 0 Å². The Morgan fingerprint density at radius 2 is 2.42 bits per heavy atom. The van der Waals surface area contributed by atoms with E-state index >= 15 is 0 Å². The lowest BCUT2D eigenvalue weighted by Gasteiger charge is -1.97. The molecule has 1 aromatic heterocycles. The molecule has 0 aliphatic carbocycles. The number of hydrogen-bond acceptors (Lipinski definition) is 4. The summed E-state index contributed by atoms with van der Waals surface area (Å²) in [5, 5.41) is 10.3. The first-order valence-corrected chi connectivity index (χ1v) is 3.17. The lowest BCUT2D eigenvalue weighted by Crippen LogP contribution is -1.96. The first-order chi connectivity index (χ1) is 5.65. The third-order valence-corrected chi connectivity index (χ3v) is 1.37. The number of anilines is 1. The fraction of sp³-hybridized carbons (Fsp3) is 0. The molecular weight excluding hydrogens is 158 g/mol. The van der Waals surface area contributed by atoms with Crippen LogP contribution in [0.15, 0.2) is 18.8 Å². The van der Waals surface area contributed by atoms with Crippen LogP contribution in [0.2, 0.25) is 0 Å². The first kappa shape index (κ1) is 8.19. The Kier molecular flexibility index (Phi) is 2.05. The van der Waals surface area contributed by atoms with Gasteiger partial charge in [0.1, 0.15) is 12.0 Å². The molecule has 1 rings (SSSR count). The molecule has 0 bridgehead atoms. The fourth-order valence-electron chi connectivity index (χ4n) is 0.744. The largest absolute Gasteiger partial charge is 0.383 e. The van der Waals surface area contributed by atoms with E-state index in [0.29, 0.717) is 5.56 Å². The number of rotatable bonds is 2. The Balaban J connectivity index is 3.22. The first-order valence-electron chi connectivity index (χ1n) is 3.17. The van der Waals surface area contributed by atoms with E-state index in [0.717, 1.165) is 6.20 Å². The molecule has 0 saturated heterocycles. The topological polar surface area (TPSA) is 82.0 Å². The van der Waals surface area contributed by atoms with Gasteiger partial charge in [-0.05, 0) is 0 Å². The third kappa shape index (κ3) is 1.39. The van der Waals surface area contributed by atoms with Gasteiger partial charge in [-0.1, -0.05) is 12.7 Å². The maximum Gasteiger partial charge on any atom is 0.288 e. The maximum absolute atomic E-state index is 10.3. The molecule has 0 aromatic carbocycles. The minimum atomic E-state index is -0.528. The van der Waals surface area contributed by atoms with Crippen molar-refractivity contribution in [3.05, 3.63) is 34.5 Å². The van der Waals surface area contributed by atoms with Crippen LogP contribution in [0, 0.1) is 10.1 Å². The van der Waals surface area contributed by atoms with Crippen molar-refractivity contribution in [2.45, 2.75) is 0 Å². The highest BCUT2D eigenvalue weighted by Crippen LogP contribution is 2.16. The summed E-state index contributed by atoms with van der Waals surface area (Å²) in [5.41, 5.74) is 5.79. The minimum Gasteiger partial charge on any atom is -0.383 e. The van der Waals surface area contributed by atoms with Crippen molar-refractivity contribution in [2.24, 2.45) is 0 Å². The Morgan fingerprint density at radius 1 is 1.75 bits per heavy atom. The van der Waals surface area contributed by atoms with Crippen LogP contribution in [0.4, 0.5) is 11.5 Å². The van der Waals surface area contributed by atoms with Crippen LogP contribution in [-0.4, -0.2) is 9.91 Å². The van der Waals surface area contributed by atoms with E-state index in [1.165, 1.54) is 12.1 Å². The lowest BCUT2D eigenvalue weighted by molar-refractivity contribution is -0.385. The molecule has 0 amide bonds. The molecule has 0 saturated carbocycles. The predicted molar refractivity (Wildman–Crippen MR) is 45.4 cm³/mol. The van der Waals surface area contributed by atoms with Crippen LogP contribution >= 0.6 is 0 Å². The SMILES string of the molecule is C=Cc1cc([N+](=O)[O-])cnc1N. The summed E-state index contributed by atoms with van der Waals surface area (Å²) in [7, 11) is 0. The van der Waals surface area contributed by atoms with Crippen LogP contribution in [0.1, 0.15) is 5.56 Å². The van der Waals surface area contributed by atoms with Crippen LogP contribution in [0.25, 0.3) is 6.08 Å². The molecule has 0 fully saturated rings. The molecule has 5 heteroatoms. The second-order valence-corrected chi connectivity index (χ2v) is 2.13. The molecule has 0 aliphatic heterocycles. The zero-order valence-corrected chi connectivity index (χ0v) is 6.23. The average Bonchev–Trinajstić information content (AvgIpc) is 2.05. The monoisotopic (exact) mass is 165 g/mol. The number of aromatic nitrogens is 1. The summed E-state index contributed by atoms with van der Waals surface area (Å²) < 4.78 is 0. The number of nitrogen functional groups attached to an aromatic ring is 1. The van der Waals surface area contributed by atoms with Gasteiger partial charge in [0.2, 0.25) is 0 Å². The Morgan fingerprint density at radius 3 is 2.92 bits per heavy atom. The summed E-state index contributed by atoms with van der Waals surface area (Å²) in [6, 6.07) is 1.33. The Hall–Kier alpha value is -1.91. The smallest absolute Gasteiger partial charge is 0.288 e. The Bertz CT molecular complexity index is 335. The number of hydrogen-bond donors (Lipinski definition) is 1. The van der Waals surface area contributed by atoms with Gasteiger partial charge < -0.3 is 5.73 Å². The van der Waals surface area contributed by atoms with Gasteiger partial charge in [0.25, 0.3) is 5.69 Å². The van der Waals surface area contributed by atoms with Crippen LogP contribution in [0.3, 0.4) is 0 Å². The molecule has 0 radical (unpaired) electrons. The van der Waals surface area contributed by atoms with E-state index < -0.39 is 4.92 Å². The molecule has 0 aliphatic rings. The van der Waals surface area contributed by atoms with Gasteiger partial charge >= 0.3 is 0 Å². The zero-order chi connectivity index (χ0) is 9.14. The standard InChI is InChI=1S/C7H7N3O2/c1-2-5-3-6(10(11)12)4-9-7(5)8/h2-4H,1H2,(H2,8,9). The number of nitrogens with zero attached hydrogens (tertiary/aromatic N) is 2. The molecule has 12 heavy (non-hydrogen) atoms. The molecule has 1 heterocycles. The number of pyridine rings is 1. The maximum atomic E-state index is 10.3. The zero-order valence-electron chi connectivity index (χ0n) is 6.23. The highest BCUT2D eigenvalue weighted by atomic mass is 16.6. The molecular formula is C7H7N3O2. The van der Waals surface area contributed by atoms with Crippen molar-refractivity contribution >= 4 is 17.6 Å². The van der Waals surface area contributed by atoms with Gasteiger partial charge in [0.15, 0.2) is 0 Å². The van der Waals surface area contributed by atoms with E-state index in [4.69, 9.17) is 5.73 Å². The molecule has 0 spiro atoms. The molecule has 1 aromatic rings. The van der Waals surface area contributed by atoms with Crippen molar-refractivity contribution in [1.29, 1.82) is 0 Å². The van der Waals surface area contributed by atoms with E-state index in [2.05, 4.69) is 11.6 Å². The number of nitrogens with two attached hydrogens (primary N) is 1. The van der Waals surface area contributed by atoms with Gasteiger partial charge in [-0.3, -0.25) is 10.1 Å². The van der Waals surface area contributed by atoms with Gasteiger partial charge in [-0.2, -0.15) is 0 Å². The molecule has 0 atom stereocenters. The minimum absolute atomic E-state index is 0.0842. The fourth-order valence-corrected chi connectivity index (χ4v) is 0.744. The second-order valence-electron chi connectivity index (χ2n) is 2.13. The van der Waals surface area contributed by atoms with Crippen molar-refractivity contribution < 1.29 is 4.92 Å².